The van der Waals surface area contributed by atoms with Gasteiger partial charge in [-0.05, 0) is 6.42 Å². The Labute approximate surface area is 127 Å². The Morgan fingerprint density at radius 3 is 3.05 bits per heavy atom. The first kappa shape index (κ1) is 13.2. The van der Waals surface area contributed by atoms with Gasteiger partial charge in [-0.25, -0.2) is 4.98 Å². The van der Waals surface area contributed by atoms with Crippen LogP contribution in [0.15, 0.2) is 6.07 Å². The second-order valence-electron chi connectivity index (χ2n) is 5.93. The lowest BCUT2D eigenvalue weighted by molar-refractivity contribution is -0.121. The van der Waals surface area contributed by atoms with Gasteiger partial charge in [0.05, 0.1) is 24.3 Å². The molecule has 4 rings (SSSR count). The van der Waals surface area contributed by atoms with Crippen molar-refractivity contribution in [2.75, 3.05) is 26.8 Å². The lowest BCUT2D eigenvalue weighted by Gasteiger charge is -2.50. The molecule has 0 saturated carbocycles. The zero-order valence-corrected chi connectivity index (χ0v) is 12.4. The second-order valence-corrected chi connectivity index (χ2v) is 6.31. The van der Waals surface area contributed by atoms with E-state index in [-0.39, 0.29) is 17.5 Å². The van der Waals surface area contributed by atoms with E-state index in [0.717, 1.165) is 30.8 Å². The Morgan fingerprint density at radius 1 is 1.57 bits per heavy atom. The van der Waals surface area contributed by atoms with Crippen molar-refractivity contribution in [3.8, 4) is 11.6 Å². The number of carbonyl (C=O) groups is 1. The van der Waals surface area contributed by atoms with Crippen molar-refractivity contribution in [3.05, 3.63) is 16.8 Å². The van der Waals surface area contributed by atoms with Crippen LogP contribution in [0.4, 0.5) is 0 Å². The molecular weight excluding hydrogens is 294 g/mol. The molecule has 21 heavy (non-hydrogen) atoms. The van der Waals surface area contributed by atoms with Crippen molar-refractivity contribution in [2.24, 2.45) is 0 Å². The average Bonchev–Trinajstić information content (AvgIpc) is 2.99. The molecule has 112 valence electrons. The first-order valence-electron chi connectivity index (χ1n) is 7.02. The molecule has 1 aromatic rings. The van der Waals surface area contributed by atoms with Crippen LogP contribution >= 0.6 is 11.6 Å². The van der Waals surface area contributed by atoms with E-state index in [1.807, 2.05) is 0 Å². The van der Waals surface area contributed by atoms with Gasteiger partial charge in [0.2, 0.25) is 11.8 Å². The number of halogens is 1. The average molecular weight is 310 g/mol. The monoisotopic (exact) mass is 309 g/mol. The number of hydrogen-bond acceptors (Lipinski definition) is 5. The topological polar surface area (TPSA) is 63.7 Å². The molecule has 1 atom stereocenters. The highest BCUT2D eigenvalue weighted by Gasteiger charge is 2.51. The summed E-state index contributed by atoms with van der Waals surface area (Å²) in [5.74, 6) is 1.42. The molecule has 0 aromatic carbocycles. The fourth-order valence-corrected chi connectivity index (χ4v) is 3.74. The molecule has 1 N–H and O–H groups in total. The maximum atomic E-state index is 11.4. The number of carbonyl (C=O) groups excluding carboxylic acids is 1. The van der Waals surface area contributed by atoms with Crippen molar-refractivity contribution in [1.82, 2.24) is 15.2 Å². The zero-order chi connectivity index (χ0) is 14.6. The number of amides is 1. The van der Waals surface area contributed by atoms with E-state index in [9.17, 15) is 4.79 Å². The maximum Gasteiger partial charge on any atom is 0.223 e. The first-order valence-corrected chi connectivity index (χ1v) is 7.40. The Kier molecular flexibility index (Phi) is 2.81. The summed E-state index contributed by atoms with van der Waals surface area (Å²) in [6.07, 6.45) is 1.55. The van der Waals surface area contributed by atoms with Crippen LogP contribution in [0.2, 0.25) is 5.15 Å². The molecule has 0 bridgehead atoms. The molecule has 6 nitrogen and oxygen atoms in total. The third-order valence-corrected chi connectivity index (χ3v) is 4.76. The highest BCUT2D eigenvalue weighted by atomic mass is 35.5. The number of likely N-dealkylation sites (tertiary alicyclic amines) is 1. The van der Waals surface area contributed by atoms with Crippen LogP contribution < -0.4 is 14.8 Å². The molecule has 2 saturated heterocycles. The van der Waals surface area contributed by atoms with Gasteiger partial charge in [0.1, 0.15) is 17.5 Å². The van der Waals surface area contributed by atoms with Gasteiger partial charge in [0.15, 0.2) is 0 Å². The van der Waals surface area contributed by atoms with E-state index >= 15 is 0 Å². The smallest absolute Gasteiger partial charge is 0.223 e. The van der Waals surface area contributed by atoms with Gasteiger partial charge in [-0.3, -0.25) is 9.69 Å². The van der Waals surface area contributed by atoms with E-state index in [2.05, 4.69) is 15.2 Å². The van der Waals surface area contributed by atoms with Crippen molar-refractivity contribution in [2.45, 2.75) is 24.4 Å². The third-order valence-electron chi connectivity index (χ3n) is 4.57. The van der Waals surface area contributed by atoms with Crippen LogP contribution in [0.1, 0.15) is 24.4 Å². The lowest BCUT2D eigenvalue weighted by atomic mass is 9.86. The number of fused-ring (bicyclic) bond motifs is 1. The summed E-state index contributed by atoms with van der Waals surface area (Å²) in [4.78, 5) is 17.9. The highest BCUT2D eigenvalue weighted by molar-refractivity contribution is 6.29. The Morgan fingerprint density at radius 2 is 2.38 bits per heavy atom. The molecule has 4 heterocycles. The molecule has 2 fully saturated rings. The van der Waals surface area contributed by atoms with Gasteiger partial charge in [-0.1, -0.05) is 11.6 Å². The summed E-state index contributed by atoms with van der Waals surface area (Å²) in [5.41, 5.74) is 0.925. The molecule has 0 aliphatic carbocycles. The van der Waals surface area contributed by atoms with Crippen LogP contribution in [0, 0.1) is 0 Å². The number of pyridine rings is 1. The summed E-state index contributed by atoms with van der Waals surface area (Å²) in [7, 11) is 1.59. The molecule has 1 aromatic heterocycles. The molecule has 1 amide bonds. The van der Waals surface area contributed by atoms with Gasteiger partial charge in [-0.15, -0.1) is 0 Å². The van der Waals surface area contributed by atoms with Gasteiger partial charge >= 0.3 is 0 Å². The minimum atomic E-state index is -0.0348. The van der Waals surface area contributed by atoms with E-state index in [4.69, 9.17) is 21.1 Å². The van der Waals surface area contributed by atoms with E-state index in [0.29, 0.717) is 24.1 Å². The Hall–Kier alpha value is -1.53. The second kappa shape index (κ2) is 4.48. The predicted octanol–water partition coefficient (Wildman–Crippen LogP) is 1.14. The molecule has 3 aliphatic rings. The van der Waals surface area contributed by atoms with Crippen LogP contribution in [-0.2, 0) is 4.79 Å². The number of rotatable bonds is 2. The minimum Gasteiger partial charge on any atom is -0.491 e. The van der Waals surface area contributed by atoms with E-state index in [1.165, 1.54) is 0 Å². The number of aromatic nitrogens is 1. The van der Waals surface area contributed by atoms with Crippen LogP contribution in [0.25, 0.3) is 0 Å². The molecular formula is C14H16ClN3O3. The SMILES string of the molecule is COc1nc(Cl)cc2c1C(N1CC3(CCC(=O)N3)C1)CO2. The van der Waals surface area contributed by atoms with Gasteiger partial charge in [-0.2, -0.15) is 0 Å². The number of ether oxygens (including phenoxy) is 2. The highest BCUT2D eigenvalue weighted by Crippen LogP contribution is 2.46. The van der Waals surface area contributed by atoms with Crippen molar-refractivity contribution >= 4 is 17.5 Å². The van der Waals surface area contributed by atoms with Crippen molar-refractivity contribution < 1.29 is 14.3 Å². The van der Waals surface area contributed by atoms with Crippen LogP contribution in [-0.4, -0.2) is 48.1 Å². The van der Waals surface area contributed by atoms with Crippen molar-refractivity contribution in [1.29, 1.82) is 0 Å². The number of nitrogens with one attached hydrogen (secondary N) is 1. The normalized spacial score (nSPS) is 26.2. The summed E-state index contributed by atoms with van der Waals surface area (Å²) in [6, 6.07) is 1.84. The summed E-state index contributed by atoms with van der Waals surface area (Å²) in [5, 5.41) is 3.46. The lowest BCUT2D eigenvalue weighted by Crippen LogP contribution is -2.67. The minimum absolute atomic E-state index is 0.0348. The summed E-state index contributed by atoms with van der Waals surface area (Å²) in [6.45, 7) is 2.26. The largest absolute Gasteiger partial charge is 0.491 e. The first-order chi connectivity index (χ1) is 10.1. The van der Waals surface area contributed by atoms with E-state index < -0.39 is 0 Å². The Balaban J connectivity index is 1.57. The van der Waals surface area contributed by atoms with Crippen LogP contribution in [0.3, 0.4) is 0 Å². The fraction of sp³-hybridized carbons (Fsp3) is 0.571. The molecule has 1 spiro atoms. The molecule has 3 aliphatic heterocycles. The van der Waals surface area contributed by atoms with Gasteiger partial charge in [0.25, 0.3) is 0 Å². The molecule has 0 radical (unpaired) electrons. The standard InChI is InChI=1S/C14H16ClN3O3/c1-20-13-12-8(5-21-9(12)4-10(15)16-13)18-6-14(7-18)3-2-11(19)17-14/h4,8H,2-3,5-7H2,1H3,(H,17,19). The van der Waals surface area contributed by atoms with E-state index in [1.54, 1.807) is 13.2 Å². The molecule has 1 unspecified atom stereocenters. The van der Waals surface area contributed by atoms with Crippen LogP contribution in [0.5, 0.6) is 11.6 Å². The Bertz CT molecular complexity index is 616. The van der Waals surface area contributed by atoms with Gasteiger partial charge in [0, 0.05) is 25.6 Å². The quantitative estimate of drug-likeness (QED) is 0.830. The summed E-state index contributed by atoms with van der Waals surface area (Å²) >= 11 is 5.96. The maximum absolute atomic E-state index is 11.4. The molecule has 7 heteroatoms. The summed E-state index contributed by atoms with van der Waals surface area (Å²) < 4.78 is 11.1. The predicted molar refractivity (Wildman–Crippen MR) is 75.7 cm³/mol. The number of methoxy groups -OCH3 is 1. The van der Waals surface area contributed by atoms with Gasteiger partial charge < -0.3 is 14.8 Å². The van der Waals surface area contributed by atoms with Crippen molar-refractivity contribution in [3.63, 3.8) is 0 Å². The fourth-order valence-electron chi connectivity index (χ4n) is 3.56. The number of nitrogens with zero attached hydrogens (tertiary/aromatic N) is 2. The number of hydrogen-bond donors (Lipinski definition) is 1. The zero-order valence-electron chi connectivity index (χ0n) is 11.7. The third kappa shape index (κ3) is 1.97.